The third-order valence-corrected chi connectivity index (χ3v) is 8.08. The Morgan fingerprint density at radius 3 is 2.43 bits per heavy atom. The van der Waals surface area contributed by atoms with Crippen molar-refractivity contribution in [2.75, 3.05) is 26.4 Å². The number of aliphatic hydroxyl groups is 1. The van der Waals surface area contributed by atoms with Crippen LogP contribution in [0.4, 0.5) is 4.79 Å². The lowest BCUT2D eigenvalue weighted by atomic mass is 9.91. The number of carbonyl (C=O) groups excluding carboxylic acids is 3. The molecule has 2 aromatic carbocycles. The van der Waals surface area contributed by atoms with Crippen LogP contribution in [0, 0.1) is 0 Å². The molecule has 2 aromatic rings. The fourth-order valence-corrected chi connectivity index (χ4v) is 6.07. The second-order valence-corrected chi connectivity index (χ2v) is 12.2. The van der Waals surface area contributed by atoms with Gasteiger partial charge in [-0.2, -0.15) is 0 Å². The number of benzene rings is 2. The molecule has 2 bridgehead atoms. The van der Waals surface area contributed by atoms with E-state index >= 15 is 0 Å². The molecule has 0 radical (unpaired) electrons. The predicted molar refractivity (Wildman–Crippen MR) is 155 cm³/mol. The molecule has 3 aliphatic heterocycles. The Hall–Kier alpha value is -3.63. The number of ether oxygens (including phenoxy) is 3. The summed E-state index contributed by atoms with van der Waals surface area (Å²) in [6.45, 7) is 8.83. The third-order valence-electron chi connectivity index (χ3n) is 8.08. The van der Waals surface area contributed by atoms with E-state index in [0.717, 1.165) is 24.0 Å². The van der Waals surface area contributed by atoms with Crippen molar-refractivity contribution in [3.8, 4) is 5.75 Å². The molecule has 3 amide bonds. The van der Waals surface area contributed by atoms with Crippen molar-refractivity contribution >= 4 is 17.9 Å². The summed E-state index contributed by atoms with van der Waals surface area (Å²) in [5.74, 6) is -0.227. The van der Waals surface area contributed by atoms with Crippen molar-refractivity contribution in [2.24, 2.45) is 0 Å². The zero-order chi connectivity index (χ0) is 30.0. The van der Waals surface area contributed by atoms with Gasteiger partial charge < -0.3 is 29.5 Å². The van der Waals surface area contributed by atoms with E-state index in [0.29, 0.717) is 44.1 Å². The van der Waals surface area contributed by atoms with Crippen LogP contribution >= 0.6 is 0 Å². The minimum Gasteiger partial charge on any atom is -0.493 e. The van der Waals surface area contributed by atoms with E-state index in [1.807, 2.05) is 36.1 Å². The van der Waals surface area contributed by atoms with Crippen LogP contribution in [0.3, 0.4) is 0 Å². The van der Waals surface area contributed by atoms with Crippen LogP contribution in [0.15, 0.2) is 42.5 Å². The van der Waals surface area contributed by atoms with Gasteiger partial charge in [-0.25, -0.2) is 4.79 Å². The Labute approximate surface area is 246 Å². The first-order chi connectivity index (χ1) is 20.1. The maximum absolute atomic E-state index is 13.4. The third kappa shape index (κ3) is 6.39. The normalized spacial score (nSPS) is 22.3. The van der Waals surface area contributed by atoms with Crippen LogP contribution in [0.25, 0.3) is 0 Å². The number of carbonyl (C=O) groups is 3. The Bertz CT molecular complexity index is 1310. The van der Waals surface area contributed by atoms with E-state index in [2.05, 4.69) is 5.32 Å². The predicted octanol–water partition coefficient (Wildman–Crippen LogP) is 3.54. The number of fused-ring (bicyclic) bond motifs is 3. The van der Waals surface area contributed by atoms with Gasteiger partial charge in [0.2, 0.25) is 0 Å². The van der Waals surface area contributed by atoms with E-state index < -0.39 is 29.7 Å². The van der Waals surface area contributed by atoms with Crippen molar-refractivity contribution < 1.29 is 33.7 Å². The number of morpholine rings is 1. The minimum absolute atomic E-state index is 0.0725. The van der Waals surface area contributed by atoms with Gasteiger partial charge in [0.25, 0.3) is 11.8 Å². The van der Waals surface area contributed by atoms with E-state index in [1.54, 1.807) is 39.0 Å². The van der Waals surface area contributed by atoms with E-state index in [1.165, 1.54) is 4.90 Å². The molecule has 10 nitrogen and oxygen atoms in total. The summed E-state index contributed by atoms with van der Waals surface area (Å²) in [4.78, 5) is 43.2. The fraction of sp³-hybridized carbons (Fsp3) is 0.531. The van der Waals surface area contributed by atoms with E-state index in [4.69, 9.17) is 14.2 Å². The largest absolute Gasteiger partial charge is 0.493 e. The summed E-state index contributed by atoms with van der Waals surface area (Å²) in [6, 6.07) is 12.2. The number of nitrogens with one attached hydrogen (secondary N) is 1. The molecule has 0 saturated carbocycles. The molecule has 226 valence electrons. The average Bonchev–Trinajstić information content (AvgIpc) is 3.21. The summed E-state index contributed by atoms with van der Waals surface area (Å²) in [5, 5.41) is 14.0. The molecule has 10 heteroatoms. The molecule has 0 aromatic heterocycles. The first kappa shape index (κ1) is 29.8. The fourth-order valence-electron chi connectivity index (χ4n) is 6.07. The summed E-state index contributed by atoms with van der Waals surface area (Å²) in [6.07, 6.45) is 0.713. The van der Waals surface area contributed by atoms with Gasteiger partial charge in [-0.3, -0.25) is 14.5 Å². The number of aliphatic hydroxyl groups excluding tert-OH is 1. The lowest BCUT2D eigenvalue weighted by Crippen LogP contribution is -2.54. The van der Waals surface area contributed by atoms with Gasteiger partial charge in [0.15, 0.2) is 0 Å². The van der Waals surface area contributed by atoms with E-state index in [-0.39, 0.29) is 30.1 Å². The quantitative estimate of drug-likeness (QED) is 0.515. The van der Waals surface area contributed by atoms with Gasteiger partial charge in [0.1, 0.15) is 11.4 Å². The maximum Gasteiger partial charge on any atom is 0.410 e. The van der Waals surface area contributed by atoms with Gasteiger partial charge >= 0.3 is 6.09 Å². The monoisotopic (exact) mass is 579 g/mol. The Kier molecular flexibility index (Phi) is 8.75. The molecule has 4 atom stereocenters. The summed E-state index contributed by atoms with van der Waals surface area (Å²) in [5.41, 5.74) is 2.07. The van der Waals surface area contributed by atoms with Crippen LogP contribution in [0.2, 0.25) is 0 Å². The average molecular weight is 580 g/mol. The van der Waals surface area contributed by atoms with E-state index in [9.17, 15) is 19.5 Å². The van der Waals surface area contributed by atoms with Crippen molar-refractivity contribution in [3.63, 3.8) is 0 Å². The van der Waals surface area contributed by atoms with Crippen LogP contribution in [0.5, 0.6) is 5.75 Å². The zero-order valence-electron chi connectivity index (χ0n) is 24.8. The second-order valence-electron chi connectivity index (χ2n) is 12.2. The highest BCUT2D eigenvalue weighted by Crippen LogP contribution is 2.32. The van der Waals surface area contributed by atoms with Gasteiger partial charge in [0, 0.05) is 18.7 Å². The number of hydrogen-bond donors (Lipinski definition) is 2. The summed E-state index contributed by atoms with van der Waals surface area (Å²) < 4.78 is 17.0. The number of hydrogen-bond acceptors (Lipinski definition) is 7. The minimum atomic E-state index is -1.05. The molecule has 2 saturated heterocycles. The smallest absolute Gasteiger partial charge is 0.410 e. The zero-order valence-corrected chi connectivity index (χ0v) is 24.8. The molecule has 3 aliphatic rings. The molecule has 2 fully saturated rings. The van der Waals surface area contributed by atoms with Crippen LogP contribution in [-0.2, 0) is 22.4 Å². The summed E-state index contributed by atoms with van der Waals surface area (Å²) >= 11 is 0. The molecule has 0 spiro atoms. The molecule has 5 rings (SSSR count). The standard InChI is InChI=1S/C32H41N3O7/c1-5-41-28-15-21(30(38)35-23-11-12-24(35)19-40-18-23)10-13-25(28)29(37)33-16-27(36)26-14-20-8-6-7-9-22(20)17-34(26)31(39)42-32(2,3)4/h6-10,13,15,23-24,26-27,36H,5,11-12,14,16-19H2,1-4H3,(H,33,37)/t23?,24?,26?,27-/m0/s1. The SMILES string of the molecule is CCOc1cc(C(=O)N2C3CCC2COC3)ccc1C(=O)NC[C@H](O)C1Cc2ccccc2CN1C(=O)OC(C)(C)C. The topological polar surface area (TPSA) is 118 Å². The Balaban J connectivity index is 1.29. The highest BCUT2D eigenvalue weighted by Gasteiger charge is 2.41. The molecular formula is C32H41N3O7. The second kappa shape index (κ2) is 12.3. The van der Waals surface area contributed by atoms with Gasteiger partial charge in [-0.05, 0) is 76.3 Å². The van der Waals surface area contributed by atoms with Gasteiger partial charge in [0.05, 0.1) is 49.6 Å². The molecule has 3 heterocycles. The molecule has 2 N–H and O–H groups in total. The number of rotatable bonds is 7. The van der Waals surface area contributed by atoms with Gasteiger partial charge in [-0.1, -0.05) is 24.3 Å². The molecule has 3 unspecified atom stereocenters. The van der Waals surface area contributed by atoms with Crippen LogP contribution in [-0.4, -0.2) is 89.0 Å². The highest BCUT2D eigenvalue weighted by molar-refractivity contribution is 6.00. The lowest BCUT2D eigenvalue weighted by molar-refractivity contribution is -0.0113. The number of nitrogens with zero attached hydrogens (tertiary/aromatic N) is 2. The van der Waals surface area contributed by atoms with Crippen molar-refractivity contribution in [1.82, 2.24) is 15.1 Å². The first-order valence-electron chi connectivity index (χ1n) is 14.8. The number of amides is 3. The van der Waals surface area contributed by atoms with Crippen molar-refractivity contribution in [2.45, 2.75) is 83.3 Å². The first-order valence-corrected chi connectivity index (χ1v) is 14.8. The summed E-state index contributed by atoms with van der Waals surface area (Å²) in [7, 11) is 0. The van der Waals surface area contributed by atoms with Gasteiger partial charge in [-0.15, -0.1) is 0 Å². The van der Waals surface area contributed by atoms with Crippen LogP contribution < -0.4 is 10.1 Å². The highest BCUT2D eigenvalue weighted by atomic mass is 16.6. The molecule has 0 aliphatic carbocycles. The Morgan fingerprint density at radius 2 is 1.76 bits per heavy atom. The maximum atomic E-state index is 13.4. The van der Waals surface area contributed by atoms with Crippen molar-refractivity contribution in [3.05, 3.63) is 64.7 Å². The van der Waals surface area contributed by atoms with Crippen LogP contribution in [0.1, 0.15) is 72.4 Å². The molecule has 42 heavy (non-hydrogen) atoms. The lowest BCUT2D eigenvalue weighted by Gasteiger charge is -2.40. The van der Waals surface area contributed by atoms with Crippen molar-refractivity contribution in [1.29, 1.82) is 0 Å². The molecular weight excluding hydrogens is 538 g/mol. The Morgan fingerprint density at radius 1 is 1.07 bits per heavy atom.